The molecule has 4 rings (SSSR count). The van der Waals surface area contributed by atoms with Crippen molar-refractivity contribution in [2.24, 2.45) is 0 Å². The number of carbonyl (C=O) groups excluding carboxylic acids is 3. The number of hydrogen-bond donors (Lipinski definition) is 2. The molecule has 0 unspecified atom stereocenters. The van der Waals surface area contributed by atoms with Gasteiger partial charge in [0.15, 0.2) is 5.11 Å². The standard InChI is InChI=1S/C26H24N4O3S/c1-15-10-11-22(16(2)12-15)29-25(33)21(24(32)27-26(29)34)14-20-13-17(3)30(18(20)4)28-23(31)19-8-6-5-7-9-19/h5-14H,1-4H3,(H,28,31)(H,27,32,34)/b21-14+. The van der Waals surface area contributed by atoms with Crippen LogP contribution in [0.5, 0.6) is 0 Å². The third-order valence-electron chi connectivity index (χ3n) is 5.71. The first kappa shape index (κ1) is 23.1. The summed E-state index contributed by atoms with van der Waals surface area (Å²) in [7, 11) is 0. The van der Waals surface area contributed by atoms with Crippen LogP contribution in [0.25, 0.3) is 6.08 Å². The summed E-state index contributed by atoms with van der Waals surface area (Å²) in [6, 6.07) is 16.3. The molecule has 3 amide bonds. The van der Waals surface area contributed by atoms with Crippen molar-refractivity contribution in [3.8, 4) is 0 Å². The van der Waals surface area contributed by atoms with Crippen LogP contribution >= 0.6 is 12.2 Å². The van der Waals surface area contributed by atoms with Crippen LogP contribution in [0, 0.1) is 27.7 Å². The van der Waals surface area contributed by atoms with Crippen LogP contribution in [-0.4, -0.2) is 27.5 Å². The molecule has 0 spiro atoms. The molecule has 3 aromatic rings. The van der Waals surface area contributed by atoms with E-state index in [4.69, 9.17) is 12.2 Å². The summed E-state index contributed by atoms with van der Waals surface area (Å²) < 4.78 is 1.64. The Balaban J connectivity index is 1.68. The number of rotatable bonds is 4. The average Bonchev–Trinajstić information content (AvgIpc) is 3.05. The number of nitrogens with one attached hydrogen (secondary N) is 2. The zero-order valence-corrected chi connectivity index (χ0v) is 20.1. The molecule has 2 aromatic carbocycles. The molecular formula is C26H24N4O3S. The highest BCUT2D eigenvalue weighted by atomic mass is 32.1. The minimum Gasteiger partial charge on any atom is -0.298 e. The third kappa shape index (κ3) is 4.27. The lowest BCUT2D eigenvalue weighted by Crippen LogP contribution is -2.54. The Hall–Kier alpha value is -4.04. The molecule has 8 heteroatoms. The maximum atomic E-state index is 13.4. The Bertz CT molecular complexity index is 1370. The summed E-state index contributed by atoms with van der Waals surface area (Å²) >= 11 is 5.31. The van der Waals surface area contributed by atoms with Gasteiger partial charge >= 0.3 is 0 Å². The normalized spacial score (nSPS) is 15.0. The average molecular weight is 473 g/mol. The van der Waals surface area contributed by atoms with Crippen LogP contribution in [0.4, 0.5) is 5.69 Å². The van der Waals surface area contributed by atoms with Crippen LogP contribution in [0.2, 0.25) is 0 Å². The van der Waals surface area contributed by atoms with Gasteiger partial charge in [-0.3, -0.25) is 34.7 Å². The lowest BCUT2D eigenvalue weighted by Gasteiger charge is -2.30. The Labute approximate surface area is 203 Å². The van der Waals surface area contributed by atoms with Gasteiger partial charge in [0.1, 0.15) is 5.57 Å². The summed E-state index contributed by atoms with van der Waals surface area (Å²) in [6.45, 7) is 7.50. The molecule has 0 bridgehead atoms. The largest absolute Gasteiger partial charge is 0.298 e. The Morgan fingerprint density at radius 2 is 1.71 bits per heavy atom. The second-order valence-corrected chi connectivity index (χ2v) is 8.60. The van der Waals surface area contributed by atoms with E-state index in [-0.39, 0.29) is 16.6 Å². The predicted octanol–water partition coefficient (Wildman–Crippen LogP) is 3.94. The number of hydrogen-bond acceptors (Lipinski definition) is 4. The van der Waals surface area contributed by atoms with E-state index in [1.165, 1.54) is 11.0 Å². The van der Waals surface area contributed by atoms with Crippen LogP contribution in [0.3, 0.4) is 0 Å². The van der Waals surface area contributed by atoms with E-state index in [2.05, 4.69) is 10.7 Å². The fourth-order valence-electron chi connectivity index (χ4n) is 3.95. The van der Waals surface area contributed by atoms with Gasteiger partial charge in [0.25, 0.3) is 17.7 Å². The van der Waals surface area contributed by atoms with Gasteiger partial charge in [-0.15, -0.1) is 0 Å². The van der Waals surface area contributed by atoms with Crippen LogP contribution in [0.1, 0.15) is 38.4 Å². The minimum absolute atomic E-state index is 0.0387. The fraction of sp³-hybridized carbons (Fsp3) is 0.154. The molecule has 1 aromatic heterocycles. The number of amides is 3. The second-order valence-electron chi connectivity index (χ2n) is 8.22. The third-order valence-corrected chi connectivity index (χ3v) is 6.00. The fourth-order valence-corrected chi connectivity index (χ4v) is 4.22. The predicted molar refractivity (Wildman–Crippen MR) is 136 cm³/mol. The number of carbonyl (C=O) groups is 3. The van der Waals surface area contributed by atoms with Crippen LogP contribution in [0.15, 0.2) is 60.2 Å². The van der Waals surface area contributed by atoms with Crippen molar-refractivity contribution in [2.45, 2.75) is 27.7 Å². The summed E-state index contributed by atoms with van der Waals surface area (Å²) in [4.78, 5) is 40.1. The van der Waals surface area contributed by atoms with E-state index in [0.717, 1.165) is 16.8 Å². The van der Waals surface area contributed by atoms with Crippen molar-refractivity contribution >= 4 is 46.8 Å². The molecule has 0 atom stereocenters. The van der Waals surface area contributed by atoms with Crippen LogP contribution in [-0.2, 0) is 9.59 Å². The van der Waals surface area contributed by atoms with Gasteiger partial charge in [0, 0.05) is 17.0 Å². The monoisotopic (exact) mass is 472 g/mol. The number of aryl methyl sites for hydroxylation is 3. The Kier molecular flexibility index (Phi) is 6.17. The van der Waals surface area contributed by atoms with Gasteiger partial charge in [0.05, 0.1) is 5.69 Å². The number of thiocarbonyl (C=S) groups is 1. The Morgan fingerprint density at radius 3 is 2.38 bits per heavy atom. The van der Waals surface area contributed by atoms with Gasteiger partial charge in [-0.25, -0.2) is 0 Å². The van der Waals surface area contributed by atoms with Gasteiger partial charge < -0.3 is 0 Å². The first-order valence-electron chi connectivity index (χ1n) is 10.7. The summed E-state index contributed by atoms with van der Waals surface area (Å²) in [6.07, 6.45) is 1.53. The molecule has 1 fully saturated rings. The second kappa shape index (κ2) is 9.07. The van der Waals surface area contributed by atoms with Crippen molar-refractivity contribution < 1.29 is 14.4 Å². The lowest BCUT2D eigenvalue weighted by molar-refractivity contribution is -0.122. The molecule has 0 saturated carbocycles. The lowest BCUT2D eigenvalue weighted by atomic mass is 10.0. The van der Waals surface area contributed by atoms with Crippen molar-refractivity contribution in [3.05, 3.63) is 93.8 Å². The topological polar surface area (TPSA) is 83.4 Å². The van der Waals surface area contributed by atoms with Gasteiger partial charge in [-0.2, -0.15) is 0 Å². The van der Waals surface area contributed by atoms with E-state index < -0.39 is 11.8 Å². The molecule has 1 saturated heterocycles. The highest BCUT2D eigenvalue weighted by Crippen LogP contribution is 2.27. The highest BCUT2D eigenvalue weighted by molar-refractivity contribution is 7.80. The zero-order valence-electron chi connectivity index (χ0n) is 19.3. The number of anilines is 1. The number of benzene rings is 2. The van der Waals surface area contributed by atoms with E-state index in [0.29, 0.717) is 22.5 Å². The van der Waals surface area contributed by atoms with E-state index in [1.54, 1.807) is 28.9 Å². The summed E-state index contributed by atoms with van der Waals surface area (Å²) in [5.41, 5.74) is 7.96. The molecule has 0 radical (unpaired) electrons. The molecule has 7 nitrogen and oxygen atoms in total. The molecule has 1 aliphatic heterocycles. The van der Waals surface area contributed by atoms with Crippen molar-refractivity contribution in [1.82, 2.24) is 9.99 Å². The van der Waals surface area contributed by atoms with Crippen molar-refractivity contribution in [2.75, 3.05) is 10.3 Å². The Morgan fingerprint density at radius 1 is 1.00 bits per heavy atom. The van der Waals surface area contributed by atoms with Crippen LogP contribution < -0.4 is 15.6 Å². The number of nitrogens with zero attached hydrogens (tertiary/aromatic N) is 2. The smallest absolute Gasteiger partial charge is 0.270 e. The molecule has 2 N–H and O–H groups in total. The van der Waals surface area contributed by atoms with Gasteiger partial charge in [0.2, 0.25) is 0 Å². The highest BCUT2D eigenvalue weighted by Gasteiger charge is 2.35. The molecular weight excluding hydrogens is 448 g/mol. The summed E-state index contributed by atoms with van der Waals surface area (Å²) in [5.74, 6) is -1.33. The maximum absolute atomic E-state index is 13.4. The molecule has 172 valence electrons. The minimum atomic E-state index is -0.561. The van der Waals surface area contributed by atoms with E-state index in [9.17, 15) is 14.4 Å². The number of aromatic nitrogens is 1. The molecule has 34 heavy (non-hydrogen) atoms. The van der Waals surface area contributed by atoms with Gasteiger partial charge in [-0.1, -0.05) is 35.9 Å². The first-order valence-corrected chi connectivity index (χ1v) is 11.1. The van der Waals surface area contributed by atoms with Gasteiger partial charge in [-0.05, 0) is 81.4 Å². The molecule has 1 aliphatic rings. The SMILES string of the molecule is Cc1ccc(N2C(=O)/C(=C/c3cc(C)n(NC(=O)c4ccccc4)c3C)C(=O)NC2=S)c(C)c1. The first-order chi connectivity index (χ1) is 16.2. The van der Waals surface area contributed by atoms with Crippen molar-refractivity contribution in [3.63, 3.8) is 0 Å². The van der Waals surface area contributed by atoms with E-state index >= 15 is 0 Å². The molecule has 2 heterocycles. The zero-order chi connectivity index (χ0) is 24.6. The maximum Gasteiger partial charge on any atom is 0.270 e. The molecule has 0 aliphatic carbocycles. The quantitative estimate of drug-likeness (QED) is 0.342. The van der Waals surface area contributed by atoms with Crippen molar-refractivity contribution in [1.29, 1.82) is 0 Å². The summed E-state index contributed by atoms with van der Waals surface area (Å²) in [5, 5.41) is 2.66. The van der Waals surface area contributed by atoms with E-state index in [1.807, 2.05) is 58.0 Å².